The fourth-order valence-corrected chi connectivity index (χ4v) is 6.70. The average molecular weight is 486 g/mol. The van der Waals surface area contributed by atoms with Crippen molar-refractivity contribution in [2.75, 3.05) is 0 Å². The first kappa shape index (κ1) is 20.2. The lowest BCUT2D eigenvalue weighted by Gasteiger charge is -2.15. The van der Waals surface area contributed by atoms with E-state index in [2.05, 4.69) is 124 Å². The number of fused-ring (bicyclic) bond motifs is 13. The van der Waals surface area contributed by atoms with Crippen molar-refractivity contribution in [1.82, 2.24) is 14.0 Å². The maximum atomic E-state index is 5.05. The first-order valence-electron chi connectivity index (χ1n) is 13.3. The first-order valence-corrected chi connectivity index (χ1v) is 13.3. The van der Waals surface area contributed by atoms with Gasteiger partial charge in [-0.1, -0.05) is 78.9 Å². The normalized spacial score (nSPS) is 13.5. The van der Waals surface area contributed by atoms with E-state index < -0.39 is 0 Å². The van der Waals surface area contributed by atoms with Crippen LogP contribution in [-0.4, -0.2) is 14.0 Å². The molecule has 0 fully saturated rings. The maximum absolute atomic E-state index is 5.05. The Hall–Kier alpha value is -4.89. The van der Waals surface area contributed by atoms with E-state index in [0.717, 1.165) is 29.5 Å². The van der Waals surface area contributed by atoms with Crippen molar-refractivity contribution in [2.45, 2.75) is 12.8 Å². The highest BCUT2D eigenvalue weighted by molar-refractivity contribution is 6.15. The number of hydrogen-bond donors (Lipinski definition) is 0. The van der Waals surface area contributed by atoms with Gasteiger partial charge in [-0.05, 0) is 65.6 Å². The zero-order valence-corrected chi connectivity index (χ0v) is 20.7. The summed E-state index contributed by atoms with van der Waals surface area (Å²) in [6, 6.07) is 37.4. The molecule has 0 atom stereocenters. The van der Waals surface area contributed by atoms with Crippen molar-refractivity contribution in [1.29, 1.82) is 0 Å². The van der Waals surface area contributed by atoms with Crippen LogP contribution in [0.2, 0.25) is 0 Å². The molecule has 0 amide bonds. The Morgan fingerprint density at radius 1 is 0.632 bits per heavy atom. The molecule has 1 aliphatic carbocycles. The van der Waals surface area contributed by atoms with Crippen LogP contribution in [0.15, 0.2) is 109 Å². The lowest BCUT2D eigenvalue weighted by Crippen LogP contribution is -2.01. The molecule has 3 heteroatoms. The predicted octanol–water partition coefficient (Wildman–Crippen LogP) is 8.85. The van der Waals surface area contributed by atoms with E-state index in [1.54, 1.807) is 0 Å². The van der Waals surface area contributed by atoms with Crippen molar-refractivity contribution in [3.05, 3.63) is 120 Å². The molecular formula is C35H23N3. The number of rotatable bonds is 1. The molecule has 1 aliphatic rings. The Morgan fingerprint density at radius 2 is 1.45 bits per heavy atom. The second kappa shape index (κ2) is 7.33. The third kappa shape index (κ3) is 2.55. The summed E-state index contributed by atoms with van der Waals surface area (Å²) in [6.07, 6.45) is 6.80. The van der Waals surface area contributed by atoms with Crippen LogP contribution in [0.5, 0.6) is 0 Å². The molecule has 38 heavy (non-hydrogen) atoms. The van der Waals surface area contributed by atoms with Crippen molar-refractivity contribution in [2.24, 2.45) is 0 Å². The SMILES string of the molecule is C1=Cc2c(c3ccc4ccccc4c3n2-c2ccc3c(c2)c2ccccc2c2nc4ccccc4n32)CC1. The summed E-state index contributed by atoms with van der Waals surface area (Å²) in [5.41, 5.74) is 9.62. The molecule has 3 aromatic heterocycles. The second-order valence-electron chi connectivity index (χ2n) is 10.3. The van der Waals surface area contributed by atoms with Crippen LogP contribution in [0, 0.1) is 0 Å². The molecule has 0 saturated heterocycles. The summed E-state index contributed by atoms with van der Waals surface area (Å²) in [5.74, 6) is 0. The fraction of sp³-hybridized carbons (Fsp3) is 0.0571. The van der Waals surface area contributed by atoms with E-state index in [9.17, 15) is 0 Å². The quantitative estimate of drug-likeness (QED) is 0.213. The van der Waals surface area contributed by atoms with Gasteiger partial charge in [0.2, 0.25) is 0 Å². The highest BCUT2D eigenvalue weighted by atomic mass is 15.0. The van der Waals surface area contributed by atoms with Crippen LogP contribution >= 0.6 is 0 Å². The summed E-state index contributed by atoms with van der Waals surface area (Å²) < 4.78 is 4.82. The van der Waals surface area contributed by atoms with Gasteiger partial charge in [0.25, 0.3) is 0 Å². The van der Waals surface area contributed by atoms with Crippen molar-refractivity contribution in [3.63, 3.8) is 0 Å². The van der Waals surface area contributed by atoms with Gasteiger partial charge in [-0.3, -0.25) is 4.40 Å². The largest absolute Gasteiger partial charge is 0.309 e. The van der Waals surface area contributed by atoms with Crippen LogP contribution in [0.3, 0.4) is 0 Å². The maximum Gasteiger partial charge on any atom is 0.146 e. The number of aromatic nitrogens is 3. The average Bonchev–Trinajstić information content (AvgIpc) is 3.54. The van der Waals surface area contributed by atoms with Crippen LogP contribution in [0.1, 0.15) is 17.7 Å². The molecular weight excluding hydrogens is 462 g/mol. The van der Waals surface area contributed by atoms with Gasteiger partial charge in [-0.2, -0.15) is 0 Å². The Morgan fingerprint density at radius 3 is 2.39 bits per heavy atom. The minimum absolute atomic E-state index is 1.01. The number of allylic oxidation sites excluding steroid dienone is 1. The van der Waals surface area contributed by atoms with Gasteiger partial charge < -0.3 is 4.57 Å². The molecule has 0 spiro atoms. The lowest BCUT2D eigenvalue weighted by molar-refractivity contribution is 0.968. The van der Waals surface area contributed by atoms with E-state index in [-0.39, 0.29) is 0 Å². The Kier molecular flexibility index (Phi) is 3.90. The summed E-state index contributed by atoms with van der Waals surface area (Å²) >= 11 is 0. The fourth-order valence-electron chi connectivity index (χ4n) is 6.70. The van der Waals surface area contributed by atoms with E-state index in [1.807, 2.05) is 0 Å². The molecule has 0 unspecified atom stereocenters. The summed E-state index contributed by atoms with van der Waals surface area (Å²) in [4.78, 5) is 5.05. The van der Waals surface area contributed by atoms with Gasteiger partial charge in [-0.25, -0.2) is 4.98 Å². The molecule has 3 nitrogen and oxygen atoms in total. The molecule has 0 aliphatic heterocycles. The third-order valence-corrected chi connectivity index (χ3v) is 8.33. The third-order valence-electron chi connectivity index (χ3n) is 8.33. The molecule has 8 aromatic rings. The second-order valence-corrected chi connectivity index (χ2v) is 10.3. The molecule has 3 heterocycles. The van der Waals surface area contributed by atoms with Gasteiger partial charge in [0, 0.05) is 32.9 Å². The predicted molar refractivity (Wildman–Crippen MR) is 159 cm³/mol. The monoisotopic (exact) mass is 485 g/mol. The molecule has 9 rings (SSSR count). The number of para-hydroxylation sites is 2. The van der Waals surface area contributed by atoms with Crippen LogP contribution in [0.4, 0.5) is 0 Å². The number of aryl methyl sites for hydroxylation is 1. The van der Waals surface area contributed by atoms with Crippen LogP contribution < -0.4 is 0 Å². The number of nitrogens with zero attached hydrogens (tertiary/aromatic N) is 3. The molecule has 178 valence electrons. The smallest absolute Gasteiger partial charge is 0.146 e. The number of imidazole rings is 1. The zero-order valence-electron chi connectivity index (χ0n) is 20.7. The number of benzene rings is 5. The molecule has 0 bridgehead atoms. The highest BCUT2D eigenvalue weighted by Gasteiger charge is 2.21. The minimum atomic E-state index is 1.01. The van der Waals surface area contributed by atoms with E-state index >= 15 is 0 Å². The van der Waals surface area contributed by atoms with Gasteiger partial charge in [-0.15, -0.1) is 0 Å². The summed E-state index contributed by atoms with van der Waals surface area (Å²) in [7, 11) is 0. The minimum Gasteiger partial charge on any atom is -0.309 e. The number of pyridine rings is 1. The molecule has 5 aromatic carbocycles. The Balaban J connectivity index is 1.46. The Labute approximate surface area is 218 Å². The zero-order chi connectivity index (χ0) is 24.8. The lowest BCUT2D eigenvalue weighted by atomic mass is 9.99. The van der Waals surface area contributed by atoms with Gasteiger partial charge in [0.1, 0.15) is 5.65 Å². The molecule has 0 saturated carbocycles. The standard InChI is InChI=1S/C35H23N3/c1-2-10-24-22(9-1)17-19-27-26-12-5-7-15-31(26)37(34(24)27)23-18-20-32-29(21-23)25-11-3-4-13-28(25)35-36-30-14-6-8-16-33(30)38(32)35/h1-4,6-11,13-21H,5,12H2. The molecule has 0 N–H and O–H groups in total. The van der Waals surface area contributed by atoms with Crippen molar-refractivity contribution in [3.8, 4) is 5.69 Å². The summed E-state index contributed by atoms with van der Waals surface area (Å²) in [5, 5.41) is 7.59. The van der Waals surface area contributed by atoms with E-state index in [1.165, 1.54) is 60.3 Å². The topological polar surface area (TPSA) is 22.2 Å². The Bertz CT molecular complexity index is 2290. The molecule has 0 radical (unpaired) electrons. The van der Waals surface area contributed by atoms with Gasteiger partial charge in [0.15, 0.2) is 0 Å². The van der Waals surface area contributed by atoms with Gasteiger partial charge in [0.05, 0.1) is 22.1 Å². The van der Waals surface area contributed by atoms with Crippen LogP contribution in [0.25, 0.3) is 71.8 Å². The van der Waals surface area contributed by atoms with Gasteiger partial charge >= 0.3 is 0 Å². The first-order chi connectivity index (χ1) is 18.9. The number of hydrogen-bond acceptors (Lipinski definition) is 1. The van der Waals surface area contributed by atoms with Crippen molar-refractivity contribution < 1.29 is 0 Å². The highest BCUT2D eigenvalue weighted by Crippen LogP contribution is 2.39. The van der Waals surface area contributed by atoms with Crippen LogP contribution in [-0.2, 0) is 6.42 Å². The summed E-state index contributed by atoms with van der Waals surface area (Å²) in [6.45, 7) is 0. The van der Waals surface area contributed by atoms with Crippen molar-refractivity contribution >= 4 is 66.1 Å². The van der Waals surface area contributed by atoms with E-state index in [4.69, 9.17) is 4.98 Å². The van der Waals surface area contributed by atoms with E-state index in [0.29, 0.717) is 0 Å².